The summed E-state index contributed by atoms with van der Waals surface area (Å²) in [7, 11) is 0. The topological polar surface area (TPSA) is 43.6 Å². The maximum absolute atomic E-state index is 11.7. The minimum absolute atomic E-state index is 0.316. The normalized spacial score (nSPS) is 11.1. The molecule has 2 heterocycles. The zero-order valence-electron chi connectivity index (χ0n) is 10.3. The summed E-state index contributed by atoms with van der Waals surface area (Å²) >= 11 is 0. The van der Waals surface area contributed by atoms with Crippen molar-refractivity contribution in [1.82, 2.24) is 9.38 Å². The van der Waals surface area contributed by atoms with Crippen molar-refractivity contribution in [2.45, 2.75) is 26.7 Å². The van der Waals surface area contributed by atoms with Gasteiger partial charge in [0.25, 0.3) is 0 Å². The van der Waals surface area contributed by atoms with Gasteiger partial charge >= 0.3 is 5.97 Å². The van der Waals surface area contributed by atoms with Gasteiger partial charge in [0.1, 0.15) is 5.56 Å². The van der Waals surface area contributed by atoms with Crippen molar-refractivity contribution >= 4 is 11.6 Å². The second-order valence-corrected chi connectivity index (χ2v) is 4.17. The van der Waals surface area contributed by atoms with E-state index in [4.69, 9.17) is 4.74 Å². The van der Waals surface area contributed by atoms with Gasteiger partial charge in [-0.2, -0.15) is 0 Å². The van der Waals surface area contributed by atoms with Crippen molar-refractivity contribution < 1.29 is 9.53 Å². The fourth-order valence-electron chi connectivity index (χ4n) is 1.87. The Balaban J connectivity index is 2.55. The Morgan fingerprint density at radius 2 is 2.24 bits per heavy atom. The Morgan fingerprint density at radius 3 is 2.88 bits per heavy atom. The molecule has 4 heteroatoms. The Bertz CT molecular complexity index is 543. The first-order chi connectivity index (χ1) is 8.15. The molecule has 0 radical (unpaired) electrons. The molecule has 2 aromatic heterocycles. The van der Waals surface area contributed by atoms with E-state index < -0.39 is 0 Å². The molecule has 90 valence electrons. The van der Waals surface area contributed by atoms with Gasteiger partial charge in [-0.3, -0.25) is 0 Å². The monoisotopic (exact) mass is 232 g/mol. The second kappa shape index (κ2) is 4.57. The molecule has 0 N–H and O–H groups in total. The smallest absolute Gasteiger partial charge is 0.341 e. The minimum Gasteiger partial charge on any atom is -0.462 e. The molecule has 0 spiro atoms. The van der Waals surface area contributed by atoms with Crippen LogP contribution in [0.1, 0.15) is 42.7 Å². The fraction of sp³-hybridized carbons (Fsp3) is 0.385. The van der Waals surface area contributed by atoms with Gasteiger partial charge < -0.3 is 9.14 Å². The minimum atomic E-state index is -0.316. The average Bonchev–Trinajstić information content (AvgIpc) is 2.72. The molecule has 0 fully saturated rings. The van der Waals surface area contributed by atoms with Crippen LogP contribution in [0.25, 0.3) is 5.65 Å². The zero-order chi connectivity index (χ0) is 12.4. The number of hydrogen-bond donors (Lipinski definition) is 0. The molecule has 0 aliphatic heterocycles. The molecule has 0 aliphatic rings. The summed E-state index contributed by atoms with van der Waals surface area (Å²) in [5, 5.41) is 0. The van der Waals surface area contributed by atoms with Crippen molar-refractivity contribution in [3.8, 4) is 0 Å². The van der Waals surface area contributed by atoms with E-state index in [9.17, 15) is 4.79 Å². The molecule has 0 atom stereocenters. The number of carbonyl (C=O) groups excluding carboxylic acids is 1. The lowest BCUT2D eigenvalue weighted by molar-refractivity contribution is 0.0528. The summed E-state index contributed by atoms with van der Waals surface area (Å²) in [6.45, 7) is 6.39. The molecule has 0 aromatic carbocycles. The van der Waals surface area contributed by atoms with Crippen LogP contribution in [0.3, 0.4) is 0 Å². The molecule has 2 aromatic rings. The lowest BCUT2D eigenvalue weighted by atomic mass is 10.1. The van der Waals surface area contributed by atoms with Crippen LogP contribution in [0.4, 0.5) is 0 Å². The molecule has 17 heavy (non-hydrogen) atoms. The maximum atomic E-state index is 11.7. The van der Waals surface area contributed by atoms with E-state index in [1.165, 1.54) is 0 Å². The van der Waals surface area contributed by atoms with Gasteiger partial charge in [0, 0.05) is 18.1 Å². The lowest BCUT2D eigenvalue weighted by Crippen LogP contribution is -2.06. The van der Waals surface area contributed by atoms with Crippen LogP contribution in [0.2, 0.25) is 0 Å². The quantitative estimate of drug-likeness (QED) is 0.764. The zero-order valence-corrected chi connectivity index (χ0v) is 10.3. The van der Waals surface area contributed by atoms with Gasteiger partial charge in [-0.05, 0) is 25.0 Å². The lowest BCUT2D eigenvalue weighted by Gasteiger charge is -2.08. The SMILES string of the molecule is CCOC(=O)c1ccn2c(C(C)C)ccnc12. The van der Waals surface area contributed by atoms with Crippen LogP contribution in [0.5, 0.6) is 0 Å². The van der Waals surface area contributed by atoms with Crippen molar-refractivity contribution in [2.75, 3.05) is 6.61 Å². The third kappa shape index (κ3) is 2.02. The molecular weight excluding hydrogens is 216 g/mol. The van der Waals surface area contributed by atoms with Crippen LogP contribution in [0.15, 0.2) is 24.5 Å². The molecule has 0 saturated heterocycles. The highest BCUT2D eigenvalue weighted by Crippen LogP contribution is 2.19. The fourth-order valence-corrected chi connectivity index (χ4v) is 1.87. The molecule has 0 aliphatic carbocycles. The second-order valence-electron chi connectivity index (χ2n) is 4.17. The summed E-state index contributed by atoms with van der Waals surface area (Å²) < 4.78 is 6.94. The van der Waals surface area contributed by atoms with Gasteiger partial charge in [-0.1, -0.05) is 13.8 Å². The number of esters is 1. The number of fused-ring (bicyclic) bond motifs is 1. The van der Waals surface area contributed by atoms with Crippen molar-refractivity contribution in [3.63, 3.8) is 0 Å². The van der Waals surface area contributed by atoms with Crippen LogP contribution in [-0.4, -0.2) is 22.0 Å². The summed E-state index contributed by atoms with van der Waals surface area (Å²) in [4.78, 5) is 16.0. The van der Waals surface area contributed by atoms with Crippen LogP contribution < -0.4 is 0 Å². The standard InChI is InChI=1S/C13H16N2O2/c1-4-17-13(16)10-6-8-15-11(9(2)3)5-7-14-12(10)15/h5-9H,4H2,1-3H3. The van der Waals surface area contributed by atoms with Gasteiger partial charge in [0.2, 0.25) is 0 Å². The van der Waals surface area contributed by atoms with E-state index >= 15 is 0 Å². The van der Waals surface area contributed by atoms with E-state index in [1.807, 2.05) is 16.7 Å². The Hall–Kier alpha value is -1.84. The van der Waals surface area contributed by atoms with Crippen LogP contribution in [-0.2, 0) is 4.74 Å². The first kappa shape index (κ1) is 11.6. The summed E-state index contributed by atoms with van der Waals surface area (Å²) in [5.74, 6) is 0.0614. The Morgan fingerprint density at radius 1 is 1.47 bits per heavy atom. The summed E-state index contributed by atoms with van der Waals surface area (Å²) in [6, 6.07) is 3.72. The molecule has 0 bridgehead atoms. The number of ether oxygens (including phenoxy) is 1. The highest BCUT2D eigenvalue weighted by atomic mass is 16.5. The van der Waals surface area contributed by atoms with Gasteiger partial charge in [-0.25, -0.2) is 9.78 Å². The largest absolute Gasteiger partial charge is 0.462 e. The van der Waals surface area contributed by atoms with Crippen molar-refractivity contribution in [1.29, 1.82) is 0 Å². The van der Waals surface area contributed by atoms with Crippen molar-refractivity contribution in [3.05, 3.63) is 35.8 Å². The molecular formula is C13H16N2O2. The van der Waals surface area contributed by atoms with E-state index in [1.54, 1.807) is 19.2 Å². The highest BCUT2D eigenvalue weighted by molar-refractivity contribution is 5.96. The van der Waals surface area contributed by atoms with Gasteiger partial charge in [0.05, 0.1) is 6.61 Å². The molecule has 0 unspecified atom stereocenters. The third-order valence-corrected chi connectivity index (χ3v) is 2.67. The number of carbonyl (C=O) groups is 1. The average molecular weight is 232 g/mol. The molecule has 0 saturated carbocycles. The maximum Gasteiger partial charge on any atom is 0.341 e. The van der Waals surface area contributed by atoms with E-state index in [0.717, 1.165) is 5.69 Å². The number of nitrogens with zero attached hydrogens (tertiary/aromatic N) is 2. The number of rotatable bonds is 3. The first-order valence-corrected chi connectivity index (χ1v) is 5.78. The first-order valence-electron chi connectivity index (χ1n) is 5.78. The predicted molar refractivity (Wildman–Crippen MR) is 65.2 cm³/mol. The third-order valence-electron chi connectivity index (χ3n) is 2.67. The van der Waals surface area contributed by atoms with Gasteiger partial charge in [0.15, 0.2) is 5.65 Å². The number of hydrogen-bond acceptors (Lipinski definition) is 3. The Kier molecular flexibility index (Phi) is 3.13. The molecule has 4 nitrogen and oxygen atoms in total. The number of aromatic nitrogens is 2. The van der Waals surface area contributed by atoms with Gasteiger partial charge in [-0.15, -0.1) is 0 Å². The predicted octanol–water partition coefficient (Wildman–Crippen LogP) is 2.63. The van der Waals surface area contributed by atoms with Crippen LogP contribution in [0, 0.1) is 0 Å². The van der Waals surface area contributed by atoms with E-state index in [2.05, 4.69) is 18.8 Å². The molecule has 2 rings (SSSR count). The van der Waals surface area contributed by atoms with E-state index in [-0.39, 0.29) is 5.97 Å². The summed E-state index contributed by atoms with van der Waals surface area (Å²) in [6.07, 6.45) is 3.59. The summed E-state index contributed by atoms with van der Waals surface area (Å²) in [5.41, 5.74) is 2.31. The van der Waals surface area contributed by atoms with Crippen molar-refractivity contribution in [2.24, 2.45) is 0 Å². The van der Waals surface area contributed by atoms with E-state index in [0.29, 0.717) is 23.7 Å². The highest BCUT2D eigenvalue weighted by Gasteiger charge is 2.15. The Labute approximate surface area is 100 Å². The van der Waals surface area contributed by atoms with Crippen LogP contribution >= 0.6 is 0 Å². The molecule has 0 amide bonds.